The molecular formula is C22H25N5O2. The quantitative estimate of drug-likeness (QED) is 0.691. The van der Waals surface area contributed by atoms with Crippen molar-refractivity contribution in [3.8, 4) is 22.9 Å². The van der Waals surface area contributed by atoms with Crippen LogP contribution in [0.4, 0.5) is 5.82 Å². The van der Waals surface area contributed by atoms with Gasteiger partial charge in [-0.25, -0.2) is 15.0 Å². The lowest BCUT2D eigenvalue weighted by Gasteiger charge is -2.28. The lowest BCUT2D eigenvalue weighted by atomic mass is 10.1. The molecule has 7 heteroatoms. The Morgan fingerprint density at radius 3 is 2.62 bits per heavy atom. The van der Waals surface area contributed by atoms with Crippen LogP contribution in [0.2, 0.25) is 0 Å². The van der Waals surface area contributed by atoms with Crippen molar-refractivity contribution in [2.45, 2.75) is 13.3 Å². The summed E-state index contributed by atoms with van der Waals surface area (Å²) >= 11 is 0. The van der Waals surface area contributed by atoms with Crippen molar-refractivity contribution in [1.29, 1.82) is 0 Å². The molecule has 0 aliphatic carbocycles. The van der Waals surface area contributed by atoms with Gasteiger partial charge in [-0.15, -0.1) is 0 Å². The molecule has 29 heavy (non-hydrogen) atoms. The second kappa shape index (κ2) is 8.98. The molecule has 0 atom stereocenters. The predicted octanol–water partition coefficient (Wildman–Crippen LogP) is 2.98. The highest BCUT2D eigenvalue weighted by Crippen LogP contribution is 2.33. The number of hydrogen-bond acceptors (Lipinski definition) is 7. The summed E-state index contributed by atoms with van der Waals surface area (Å²) in [4.78, 5) is 15.9. The third-order valence-corrected chi connectivity index (χ3v) is 4.74. The molecule has 0 radical (unpaired) electrons. The van der Waals surface area contributed by atoms with Gasteiger partial charge in [-0.1, -0.05) is 12.1 Å². The van der Waals surface area contributed by atoms with E-state index >= 15 is 0 Å². The highest BCUT2D eigenvalue weighted by atomic mass is 16.5. The van der Waals surface area contributed by atoms with Crippen molar-refractivity contribution in [2.24, 2.45) is 5.73 Å². The highest BCUT2D eigenvalue weighted by molar-refractivity contribution is 5.64. The van der Waals surface area contributed by atoms with E-state index in [9.17, 15) is 0 Å². The minimum Gasteiger partial charge on any atom is -0.456 e. The van der Waals surface area contributed by atoms with Crippen molar-refractivity contribution in [2.75, 3.05) is 37.7 Å². The number of nitrogens with zero attached hydrogens (tertiary/aromatic N) is 4. The highest BCUT2D eigenvalue weighted by Gasteiger charge is 2.15. The van der Waals surface area contributed by atoms with E-state index in [0.717, 1.165) is 47.9 Å². The number of hydrogen-bond donors (Lipinski definition) is 1. The number of rotatable bonds is 6. The molecule has 3 heterocycles. The molecule has 0 saturated carbocycles. The Morgan fingerprint density at radius 1 is 1.10 bits per heavy atom. The van der Waals surface area contributed by atoms with Gasteiger partial charge in [0.15, 0.2) is 5.82 Å². The van der Waals surface area contributed by atoms with Gasteiger partial charge in [0, 0.05) is 43.3 Å². The average molecular weight is 391 g/mol. The Kier molecular flexibility index (Phi) is 5.97. The van der Waals surface area contributed by atoms with Crippen LogP contribution in [0.25, 0.3) is 11.4 Å². The number of ether oxygens (including phenoxy) is 2. The number of benzene rings is 1. The normalized spacial score (nSPS) is 14.1. The number of pyridine rings is 1. The maximum Gasteiger partial charge on any atom is 0.162 e. The number of nitrogens with two attached hydrogens (primary N) is 1. The van der Waals surface area contributed by atoms with E-state index in [2.05, 4.69) is 19.9 Å². The van der Waals surface area contributed by atoms with E-state index in [1.54, 1.807) is 0 Å². The van der Waals surface area contributed by atoms with E-state index in [1.807, 2.05) is 55.7 Å². The number of anilines is 1. The first-order valence-corrected chi connectivity index (χ1v) is 9.82. The van der Waals surface area contributed by atoms with Crippen LogP contribution < -0.4 is 15.4 Å². The fourth-order valence-electron chi connectivity index (χ4n) is 3.29. The average Bonchev–Trinajstić information content (AvgIpc) is 2.75. The number of aromatic nitrogens is 3. The molecule has 1 aromatic carbocycles. The smallest absolute Gasteiger partial charge is 0.162 e. The van der Waals surface area contributed by atoms with E-state index in [0.29, 0.717) is 31.3 Å². The zero-order valence-corrected chi connectivity index (χ0v) is 16.5. The first kappa shape index (κ1) is 19.3. The molecule has 1 fully saturated rings. The summed E-state index contributed by atoms with van der Waals surface area (Å²) in [6.07, 6.45) is 4.40. The van der Waals surface area contributed by atoms with Crippen LogP contribution in [0.1, 0.15) is 11.3 Å². The molecule has 4 rings (SSSR count). The van der Waals surface area contributed by atoms with Crippen LogP contribution in [0.3, 0.4) is 0 Å². The summed E-state index contributed by atoms with van der Waals surface area (Å²) in [5.41, 5.74) is 8.38. The molecule has 0 bridgehead atoms. The van der Waals surface area contributed by atoms with Crippen molar-refractivity contribution >= 4 is 5.82 Å². The fraction of sp³-hybridized carbons (Fsp3) is 0.318. The Balaban J connectivity index is 1.61. The minimum absolute atomic E-state index is 0.579. The van der Waals surface area contributed by atoms with Gasteiger partial charge in [-0.05, 0) is 37.6 Å². The maximum absolute atomic E-state index is 6.26. The molecular weight excluding hydrogens is 366 g/mol. The third kappa shape index (κ3) is 4.70. The second-order valence-electron chi connectivity index (χ2n) is 6.95. The van der Waals surface area contributed by atoms with Gasteiger partial charge >= 0.3 is 0 Å². The Labute approximate surface area is 170 Å². The first-order chi connectivity index (χ1) is 14.2. The van der Waals surface area contributed by atoms with Crippen molar-refractivity contribution in [3.63, 3.8) is 0 Å². The molecule has 0 amide bonds. The summed E-state index contributed by atoms with van der Waals surface area (Å²) in [6, 6.07) is 11.7. The standard InChI is InChI=1S/C22H25N5O2/c1-16-12-18(13-21(26-16)27-8-10-28-11-9-27)29-20-5-3-2-4-19(20)22-24-14-17(6-7-23)15-25-22/h2-5,12-15H,6-11,23H2,1H3. The Hall–Kier alpha value is -3.03. The predicted molar refractivity (Wildman–Crippen MR) is 112 cm³/mol. The van der Waals surface area contributed by atoms with Gasteiger partial charge in [0.1, 0.15) is 17.3 Å². The summed E-state index contributed by atoms with van der Waals surface area (Å²) in [5.74, 6) is 2.98. The molecule has 2 aromatic heterocycles. The SMILES string of the molecule is Cc1cc(Oc2ccccc2-c2ncc(CCN)cn2)cc(N2CCOCC2)n1. The van der Waals surface area contributed by atoms with Gasteiger partial charge in [-0.2, -0.15) is 0 Å². The van der Waals surface area contributed by atoms with E-state index in [-0.39, 0.29) is 0 Å². The van der Waals surface area contributed by atoms with Gasteiger partial charge in [0.25, 0.3) is 0 Å². The van der Waals surface area contributed by atoms with Crippen LogP contribution in [0.15, 0.2) is 48.8 Å². The summed E-state index contributed by atoms with van der Waals surface area (Å²) in [5, 5.41) is 0. The van der Waals surface area contributed by atoms with Crippen molar-refractivity contribution in [3.05, 3.63) is 60.0 Å². The Bertz CT molecular complexity index is 956. The third-order valence-electron chi connectivity index (χ3n) is 4.74. The molecule has 3 aromatic rings. The van der Waals surface area contributed by atoms with Crippen LogP contribution in [-0.2, 0) is 11.2 Å². The van der Waals surface area contributed by atoms with Gasteiger partial charge in [0.2, 0.25) is 0 Å². The second-order valence-corrected chi connectivity index (χ2v) is 6.95. The van der Waals surface area contributed by atoms with Crippen LogP contribution in [0, 0.1) is 6.92 Å². The molecule has 1 aliphatic rings. The van der Waals surface area contributed by atoms with Crippen LogP contribution in [-0.4, -0.2) is 47.8 Å². The zero-order chi connectivity index (χ0) is 20.1. The maximum atomic E-state index is 6.26. The number of morpholine rings is 1. The van der Waals surface area contributed by atoms with Crippen molar-refractivity contribution < 1.29 is 9.47 Å². The molecule has 1 saturated heterocycles. The van der Waals surface area contributed by atoms with Crippen LogP contribution in [0.5, 0.6) is 11.5 Å². The lowest BCUT2D eigenvalue weighted by Crippen LogP contribution is -2.36. The fourth-order valence-corrected chi connectivity index (χ4v) is 3.29. The van der Waals surface area contributed by atoms with E-state index in [4.69, 9.17) is 15.2 Å². The lowest BCUT2D eigenvalue weighted by molar-refractivity contribution is 0.122. The molecule has 7 nitrogen and oxygen atoms in total. The molecule has 0 spiro atoms. The molecule has 1 aliphatic heterocycles. The summed E-state index contributed by atoms with van der Waals surface area (Å²) in [6.45, 7) is 5.64. The van der Waals surface area contributed by atoms with Crippen LogP contribution >= 0.6 is 0 Å². The van der Waals surface area contributed by atoms with E-state index < -0.39 is 0 Å². The Morgan fingerprint density at radius 2 is 1.86 bits per heavy atom. The van der Waals surface area contributed by atoms with Gasteiger partial charge < -0.3 is 20.1 Å². The molecule has 0 unspecified atom stereocenters. The molecule has 2 N–H and O–H groups in total. The number of para-hydroxylation sites is 1. The van der Waals surface area contributed by atoms with Crippen molar-refractivity contribution in [1.82, 2.24) is 15.0 Å². The largest absolute Gasteiger partial charge is 0.456 e. The monoisotopic (exact) mass is 391 g/mol. The molecule has 150 valence electrons. The minimum atomic E-state index is 0.579. The topological polar surface area (TPSA) is 86.4 Å². The zero-order valence-electron chi connectivity index (χ0n) is 16.5. The summed E-state index contributed by atoms with van der Waals surface area (Å²) < 4.78 is 11.7. The van der Waals surface area contributed by atoms with E-state index in [1.165, 1.54) is 0 Å². The summed E-state index contributed by atoms with van der Waals surface area (Å²) in [7, 11) is 0. The van der Waals surface area contributed by atoms with Gasteiger partial charge in [0.05, 0.1) is 18.8 Å². The first-order valence-electron chi connectivity index (χ1n) is 9.82. The number of aryl methyl sites for hydroxylation is 1. The van der Waals surface area contributed by atoms with Gasteiger partial charge in [-0.3, -0.25) is 0 Å².